The fourth-order valence-corrected chi connectivity index (χ4v) is 2.37. The molecule has 1 aromatic rings. The molecule has 1 aromatic heterocycles. The van der Waals surface area contributed by atoms with Crippen molar-refractivity contribution in [2.24, 2.45) is 5.92 Å². The largest absolute Gasteiger partial charge is 0.299 e. The van der Waals surface area contributed by atoms with Gasteiger partial charge < -0.3 is 0 Å². The predicted molar refractivity (Wildman–Crippen MR) is 62.5 cm³/mol. The number of hydrogen-bond acceptors (Lipinski definition) is 2. The molecule has 1 unspecified atom stereocenters. The van der Waals surface area contributed by atoms with Crippen LogP contribution in [0.5, 0.6) is 0 Å². The van der Waals surface area contributed by atoms with Crippen LogP contribution in [0.2, 0.25) is 0 Å². The lowest BCUT2D eigenvalue weighted by atomic mass is 9.95. The highest BCUT2D eigenvalue weighted by Crippen LogP contribution is 2.20. The maximum Gasteiger partial charge on any atom is 0.0271 e. The second kappa shape index (κ2) is 5.26. The molecule has 0 aromatic carbocycles. The van der Waals surface area contributed by atoms with E-state index in [1.54, 1.807) is 0 Å². The molecule has 0 spiro atoms. The molecule has 0 amide bonds. The van der Waals surface area contributed by atoms with Gasteiger partial charge in [0, 0.05) is 25.5 Å². The van der Waals surface area contributed by atoms with Crippen LogP contribution in [0.4, 0.5) is 0 Å². The molecule has 0 radical (unpaired) electrons. The van der Waals surface area contributed by atoms with E-state index in [0.717, 1.165) is 12.5 Å². The highest BCUT2D eigenvalue weighted by molar-refractivity contribution is 5.09. The number of nitrogens with zero attached hydrogens (tertiary/aromatic N) is 2. The van der Waals surface area contributed by atoms with E-state index in [2.05, 4.69) is 28.9 Å². The van der Waals surface area contributed by atoms with Gasteiger partial charge in [-0.05, 0) is 43.0 Å². The first-order valence-electron chi connectivity index (χ1n) is 5.99. The lowest BCUT2D eigenvalue weighted by Crippen LogP contribution is -2.34. The molecular formula is C13H20N2. The second-order valence-corrected chi connectivity index (χ2v) is 4.51. The fourth-order valence-electron chi connectivity index (χ4n) is 2.37. The Morgan fingerprint density at radius 3 is 2.93 bits per heavy atom. The van der Waals surface area contributed by atoms with Crippen molar-refractivity contribution in [1.82, 2.24) is 9.88 Å². The van der Waals surface area contributed by atoms with Gasteiger partial charge in [-0.25, -0.2) is 0 Å². The minimum atomic E-state index is 0.917. The summed E-state index contributed by atoms with van der Waals surface area (Å²) in [6.45, 7) is 5.94. The zero-order chi connectivity index (χ0) is 10.5. The molecule has 2 rings (SSSR count). The van der Waals surface area contributed by atoms with Crippen LogP contribution >= 0.6 is 0 Å². The highest BCUT2D eigenvalue weighted by atomic mass is 15.1. The van der Waals surface area contributed by atoms with E-state index < -0.39 is 0 Å². The first-order valence-corrected chi connectivity index (χ1v) is 5.99. The number of hydrogen-bond donors (Lipinski definition) is 0. The first kappa shape index (κ1) is 10.6. The predicted octanol–water partition coefficient (Wildman–Crippen LogP) is 2.70. The maximum absolute atomic E-state index is 4.05. The summed E-state index contributed by atoms with van der Waals surface area (Å²) < 4.78 is 0. The fraction of sp³-hybridized carbons (Fsp3) is 0.615. The van der Waals surface area contributed by atoms with Crippen LogP contribution in [0.3, 0.4) is 0 Å². The van der Waals surface area contributed by atoms with Gasteiger partial charge in [0.05, 0.1) is 0 Å². The third-order valence-corrected chi connectivity index (χ3v) is 3.34. The standard InChI is InChI=1S/C13H20N2/c1-2-12-4-3-9-15(10-12)11-13-5-7-14-8-6-13/h5-8,12H,2-4,9-11H2,1H3. The molecule has 2 nitrogen and oxygen atoms in total. The number of piperidine rings is 1. The number of likely N-dealkylation sites (tertiary alicyclic amines) is 1. The van der Waals surface area contributed by atoms with Crippen LogP contribution in [0.15, 0.2) is 24.5 Å². The normalized spacial score (nSPS) is 22.9. The van der Waals surface area contributed by atoms with Gasteiger partial charge in [0.25, 0.3) is 0 Å². The number of aromatic nitrogens is 1. The van der Waals surface area contributed by atoms with Crippen molar-refractivity contribution in [2.75, 3.05) is 13.1 Å². The molecule has 2 heteroatoms. The third kappa shape index (κ3) is 3.03. The third-order valence-electron chi connectivity index (χ3n) is 3.34. The van der Waals surface area contributed by atoms with Crippen molar-refractivity contribution >= 4 is 0 Å². The second-order valence-electron chi connectivity index (χ2n) is 4.51. The van der Waals surface area contributed by atoms with Crippen LogP contribution in [-0.2, 0) is 6.54 Å². The molecule has 82 valence electrons. The summed E-state index contributed by atoms with van der Waals surface area (Å²) >= 11 is 0. The Bertz CT molecular complexity index is 284. The summed E-state index contributed by atoms with van der Waals surface area (Å²) in [6.07, 6.45) is 7.88. The van der Waals surface area contributed by atoms with E-state index in [-0.39, 0.29) is 0 Å². The Hall–Kier alpha value is -0.890. The first-order chi connectivity index (χ1) is 7.38. The van der Waals surface area contributed by atoms with Crippen LogP contribution in [-0.4, -0.2) is 23.0 Å². The molecule has 15 heavy (non-hydrogen) atoms. The van der Waals surface area contributed by atoms with Crippen LogP contribution in [0.1, 0.15) is 31.7 Å². The molecule has 1 atom stereocenters. The SMILES string of the molecule is CCC1CCCN(Cc2ccncc2)C1. The Balaban J connectivity index is 1.89. The van der Waals surface area contributed by atoms with E-state index in [1.165, 1.54) is 37.9 Å². The molecule has 0 saturated carbocycles. The lowest BCUT2D eigenvalue weighted by Gasteiger charge is -2.32. The summed E-state index contributed by atoms with van der Waals surface area (Å²) in [4.78, 5) is 6.63. The van der Waals surface area contributed by atoms with Gasteiger partial charge in [0.1, 0.15) is 0 Å². The zero-order valence-electron chi connectivity index (χ0n) is 9.52. The van der Waals surface area contributed by atoms with E-state index in [4.69, 9.17) is 0 Å². The molecule has 0 aliphatic carbocycles. The van der Waals surface area contributed by atoms with E-state index in [1.807, 2.05) is 12.4 Å². The minimum absolute atomic E-state index is 0.917. The van der Waals surface area contributed by atoms with E-state index in [9.17, 15) is 0 Å². The van der Waals surface area contributed by atoms with Gasteiger partial charge in [0.2, 0.25) is 0 Å². The van der Waals surface area contributed by atoms with Crippen molar-refractivity contribution in [3.63, 3.8) is 0 Å². The lowest BCUT2D eigenvalue weighted by molar-refractivity contribution is 0.164. The zero-order valence-corrected chi connectivity index (χ0v) is 9.52. The Labute approximate surface area is 92.3 Å². The quantitative estimate of drug-likeness (QED) is 0.752. The molecule has 1 fully saturated rings. The van der Waals surface area contributed by atoms with Gasteiger partial charge in [-0.3, -0.25) is 9.88 Å². The summed E-state index contributed by atoms with van der Waals surface area (Å²) in [7, 11) is 0. The molecule has 2 heterocycles. The monoisotopic (exact) mass is 204 g/mol. The smallest absolute Gasteiger partial charge is 0.0271 e. The average molecular weight is 204 g/mol. The Morgan fingerprint density at radius 2 is 2.20 bits per heavy atom. The summed E-state index contributed by atoms with van der Waals surface area (Å²) in [6, 6.07) is 4.24. The van der Waals surface area contributed by atoms with Gasteiger partial charge >= 0.3 is 0 Å². The van der Waals surface area contributed by atoms with Crippen molar-refractivity contribution < 1.29 is 0 Å². The molecular weight excluding hydrogens is 184 g/mol. The summed E-state index contributed by atoms with van der Waals surface area (Å²) in [5.74, 6) is 0.917. The Morgan fingerprint density at radius 1 is 1.40 bits per heavy atom. The molecule has 0 bridgehead atoms. The van der Waals surface area contributed by atoms with Gasteiger partial charge in [0.15, 0.2) is 0 Å². The topological polar surface area (TPSA) is 16.1 Å². The molecule has 1 aliphatic heterocycles. The summed E-state index contributed by atoms with van der Waals surface area (Å²) in [5.41, 5.74) is 1.39. The molecule has 1 saturated heterocycles. The number of rotatable bonds is 3. The van der Waals surface area contributed by atoms with Crippen molar-refractivity contribution in [3.05, 3.63) is 30.1 Å². The Kier molecular flexibility index (Phi) is 3.73. The highest BCUT2D eigenvalue weighted by Gasteiger charge is 2.17. The molecule has 0 N–H and O–H groups in total. The molecule has 1 aliphatic rings. The van der Waals surface area contributed by atoms with E-state index >= 15 is 0 Å². The van der Waals surface area contributed by atoms with Gasteiger partial charge in [-0.15, -0.1) is 0 Å². The van der Waals surface area contributed by atoms with Crippen molar-refractivity contribution in [1.29, 1.82) is 0 Å². The number of pyridine rings is 1. The van der Waals surface area contributed by atoms with Gasteiger partial charge in [-0.1, -0.05) is 13.3 Å². The van der Waals surface area contributed by atoms with Crippen molar-refractivity contribution in [3.8, 4) is 0 Å². The van der Waals surface area contributed by atoms with Crippen LogP contribution in [0.25, 0.3) is 0 Å². The maximum atomic E-state index is 4.05. The average Bonchev–Trinajstić information content (AvgIpc) is 2.31. The van der Waals surface area contributed by atoms with Crippen LogP contribution < -0.4 is 0 Å². The van der Waals surface area contributed by atoms with E-state index in [0.29, 0.717) is 0 Å². The van der Waals surface area contributed by atoms with Gasteiger partial charge in [-0.2, -0.15) is 0 Å². The minimum Gasteiger partial charge on any atom is -0.299 e. The van der Waals surface area contributed by atoms with Crippen molar-refractivity contribution in [2.45, 2.75) is 32.7 Å². The summed E-state index contributed by atoms with van der Waals surface area (Å²) in [5, 5.41) is 0. The van der Waals surface area contributed by atoms with Crippen LogP contribution in [0, 0.1) is 5.92 Å².